The number of carbonyl (C=O) groups is 1. The molecule has 0 radical (unpaired) electrons. The molecular formula is C20H19ClN2O3S2. The first-order valence-corrected chi connectivity index (χ1v) is 10.3. The average molecular weight is 435 g/mol. The van der Waals surface area contributed by atoms with Crippen molar-refractivity contribution in [3.8, 4) is 5.75 Å². The Morgan fingerprint density at radius 3 is 2.61 bits per heavy atom. The van der Waals surface area contributed by atoms with Gasteiger partial charge in [-0.3, -0.25) is 10.1 Å². The molecule has 2 aromatic carbocycles. The van der Waals surface area contributed by atoms with Gasteiger partial charge in [-0.2, -0.15) is 0 Å². The second-order valence-corrected chi connectivity index (χ2v) is 7.56. The van der Waals surface area contributed by atoms with Crippen LogP contribution in [-0.2, 0) is 4.74 Å². The molecule has 1 aromatic heterocycles. The van der Waals surface area contributed by atoms with Gasteiger partial charge in [-0.1, -0.05) is 29.8 Å². The zero-order chi connectivity index (χ0) is 19.9. The predicted octanol–water partition coefficient (Wildman–Crippen LogP) is 5.10. The van der Waals surface area contributed by atoms with Crippen molar-refractivity contribution in [3.05, 3.63) is 58.4 Å². The molecule has 146 valence electrons. The lowest BCUT2D eigenvalue weighted by Gasteiger charge is -2.10. The lowest BCUT2D eigenvalue weighted by Crippen LogP contribution is -2.33. The van der Waals surface area contributed by atoms with Crippen LogP contribution in [0.25, 0.3) is 10.1 Å². The number of carbonyl (C=O) groups excluding carboxylic acids is 1. The summed E-state index contributed by atoms with van der Waals surface area (Å²) in [6.07, 6.45) is 0. The third-order valence-electron chi connectivity index (χ3n) is 3.78. The summed E-state index contributed by atoms with van der Waals surface area (Å²) >= 11 is 12.9. The van der Waals surface area contributed by atoms with E-state index >= 15 is 0 Å². The van der Waals surface area contributed by atoms with Gasteiger partial charge in [-0.05, 0) is 49.5 Å². The molecule has 3 rings (SSSR count). The van der Waals surface area contributed by atoms with E-state index in [2.05, 4.69) is 10.6 Å². The van der Waals surface area contributed by atoms with Crippen LogP contribution in [0, 0.1) is 0 Å². The number of thiocarbonyl (C=S) groups is 1. The highest BCUT2D eigenvalue weighted by atomic mass is 35.5. The molecule has 0 aliphatic carbocycles. The van der Waals surface area contributed by atoms with Crippen molar-refractivity contribution in [1.29, 1.82) is 0 Å². The van der Waals surface area contributed by atoms with Crippen molar-refractivity contribution < 1.29 is 14.3 Å². The zero-order valence-electron chi connectivity index (χ0n) is 15.2. The number of benzene rings is 2. The van der Waals surface area contributed by atoms with E-state index in [9.17, 15) is 4.79 Å². The van der Waals surface area contributed by atoms with E-state index in [1.807, 2.05) is 55.5 Å². The molecule has 0 bridgehead atoms. The first-order valence-electron chi connectivity index (χ1n) is 8.68. The van der Waals surface area contributed by atoms with Gasteiger partial charge >= 0.3 is 0 Å². The largest absolute Gasteiger partial charge is 0.491 e. The second-order valence-electron chi connectivity index (χ2n) is 5.72. The minimum absolute atomic E-state index is 0.198. The lowest BCUT2D eigenvalue weighted by atomic mass is 10.2. The zero-order valence-corrected chi connectivity index (χ0v) is 17.5. The molecule has 0 fully saturated rings. The van der Waals surface area contributed by atoms with E-state index < -0.39 is 0 Å². The summed E-state index contributed by atoms with van der Waals surface area (Å²) in [5.74, 6) is 0.400. The highest BCUT2D eigenvalue weighted by Gasteiger charge is 2.17. The Labute approximate surface area is 177 Å². The standard InChI is InChI=1S/C20H19ClN2O3S2/c1-2-25-11-12-26-14-9-7-13(8-10-14)22-20(27)23-19(24)18-17(21)15-5-3-4-6-16(15)28-18/h3-10H,2,11-12H2,1H3,(H2,22,23,24,27). The van der Waals surface area contributed by atoms with Crippen LogP contribution in [0.5, 0.6) is 5.75 Å². The molecular weight excluding hydrogens is 416 g/mol. The number of amides is 1. The van der Waals surface area contributed by atoms with Crippen molar-refractivity contribution in [1.82, 2.24) is 5.32 Å². The van der Waals surface area contributed by atoms with Crippen molar-refractivity contribution in [3.63, 3.8) is 0 Å². The molecule has 1 heterocycles. The highest BCUT2D eigenvalue weighted by molar-refractivity contribution is 7.80. The predicted molar refractivity (Wildman–Crippen MR) is 119 cm³/mol. The number of fused-ring (bicyclic) bond motifs is 1. The molecule has 8 heteroatoms. The summed E-state index contributed by atoms with van der Waals surface area (Å²) in [6, 6.07) is 14.9. The van der Waals surface area contributed by atoms with E-state index in [1.165, 1.54) is 11.3 Å². The summed E-state index contributed by atoms with van der Waals surface area (Å²) < 4.78 is 11.7. The fourth-order valence-corrected chi connectivity index (χ4v) is 4.10. The van der Waals surface area contributed by atoms with Gasteiger partial charge in [0.15, 0.2) is 5.11 Å². The van der Waals surface area contributed by atoms with Gasteiger partial charge in [-0.15, -0.1) is 11.3 Å². The molecule has 0 aliphatic rings. The fraction of sp³-hybridized carbons (Fsp3) is 0.200. The average Bonchev–Trinajstić information content (AvgIpc) is 3.03. The van der Waals surface area contributed by atoms with E-state index in [0.29, 0.717) is 29.7 Å². The summed E-state index contributed by atoms with van der Waals surface area (Å²) in [5.41, 5.74) is 0.741. The number of nitrogens with one attached hydrogen (secondary N) is 2. The molecule has 3 aromatic rings. The van der Waals surface area contributed by atoms with Crippen molar-refractivity contribution >= 4 is 61.9 Å². The maximum absolute atomic E-state index is 12.5. The third kappa shape index (κ3) is 5.20. The van der Waals surface area contributed by atoms with Crippen molar-refractivity contribution in [2.75, 3.05) is 25.1 Å². The van der Waals surface area contributed by atoms with E-state index in [-0.39, 0.29) is 11.0 Å². The van der Waals surface area contributed by atoms with Crippen LogP contribution >= 0.6 is 35.2 Å². The van der Waals surface area contributed by atoms with Gasteiger partial charge in [0, 0.05) is 22.4 Å². The van der Waals surface area contributed by atoms with Crippen molar-refractivity contribution in [2.24, 2.45) is 0 Å². The minimum atomic E-state index is -0.334. The normalized spacial score (nSPS) is 10.6. The van der Waals surface area contributed by atoms with Crippen LogP contribution < -0.4 is 15.4 Å². The van der Waals surface area contributed by atoms with Crippen LogP contribution in [0.3, 0.4) is 0 Å². The Hall–Kier alpha value is -2.19. The molecule has 5 nitrogen and oxygen atoms in total. The Balaban J connectivity index is 1.56. The molecule has 0 aliphatic heterocycles. The van der Waals surface area contributed by atoms with Crippen molar-refractivity contribution in [2.45, 2.75) is 6.92 Å². The van der Waals surface area contributed by atoms with Gasteiger partial charge in [0.05, 0.1) is 11.6 Å². The van der Waals surface area contributed by atoms with E-state index in [0.717, 1.165) is 21.5 Å². The lowest BCUT2D eigenvalue weighted by molar-refractivity contribution is 0.0982. The quantitative estimate of drug-likeness (QED) is 0.400. The van der Waals surface area contributed by atoms with Crippen LogP contribution in [-0.4, -0.2) is 30.8 Å². The second kappa shape index (κ2) is 9.84. The Morgan fingerprint density at radius 1 is 1.14 bits per heavy atom. The van der Waals surface area contributed by atoms with E-state index in [1.54, 1.807) is 0 Å². The fourth-order valence-electron chi connectivity index (χ4n) is 2.48. The minimum Gasteiger partial charge on any atom is -0.491 e. The molecule has 0 saturated heterocycles. The van der Waals surface area contributed by atoms with Gasteiger partial charge < -0.3 is 14.8 Å². The Kier molecular flexibility index (Phi) is 7.22. The highest BCUT2D eigenvalue weighted by Crippen LogP contribution is 2.34. The molecule has 2 N–H and O–H groups in total. The van der Waals surface area contributed by atoms with Crippen LogP contribution in [0.15, 0.2) is 48.5 Å². The number of hydrogen-bond acceptors (Lipinski definition) is 5. The Morgan fingerprint density at radius 2 is 1.89 bits per heavy atom. The first kappa shape index (κ1) is 20.5. The van der Waals surface area contributed by atoms with Crippen LogP contribution in [0.4, 0.5) is 5.69 Å². The van der Waals surface area contributed by atoms with Gasteiger partial charge in [-0.25, -0.2) is 0 Å². The number of thiophene rings is 1. The maximum Gasteiger partial charge on any atom is 0.269 e. The third-order valence-corrected chi connectivity index (χ3v) is 5.66. The summed E-state index contributed by atoms with van der Waals surface area (Å²) in [6.45, 7) is 3.65. The molecule has 28 heavy (non-hydrogen) atoms. The summed E-state index contributed by atoms with van der Waals surface area (Å²) in [5, 5.41) is 7.15. The number of halogens is 1. The monoisotopic (exact) mass is 434 g/mol. The SMILES string of the molecule is CCOCCOc1ccc(NC(=S)NC(=O)c2sc3ccccc3c2Cl)cc1. The first-order chi connectivity index (χ1) is 13.6. The van der Waals surface area contributed by atoms with Crippen LogP contribution in [0.1, 0.15) is 16.6 Å². The van der Waals surface area contributed by atoms with Gasteiger partial charge in [0.25, 0.3) is 5.91 Å². The van der Waals surface area contributed by atoms with Gasteiger partial charge in [0.1, 0.15) is 17.2 Å². The summed E-state index contributed by atoms with van der Waals surface area (Å²) in [7, 11) is 0. The number of anilines is 1. The topological polar surface area (TPSA) is 59.6 Å². The number of hydrogen-bond donors (Lipinski definition) is 2. The molecule has 0 spiro atoms. The number of ether oxygens (including phenoxy) is 2. The van der Waals surface area contributed by atoms with E-state index in [4.69, 9.17) is 33.3 Å². The smallest absolute Gasteiger partial charge is 0.269 e. The maximum atomic E-state index is 12.5. The summed E-state index contributed by atoms with van der Waals surface area (Å²) in [4.78, 5) is 13.0. The van der Waals surface area contributed by atoms with Gasteiger partial charge in [0.2, 0.25) is 0 Å². The van der Waals surface area contributed by atoms with Crippen LogP contribution in [0.2, 0.25) is 5.02 Å². The number of rotatable bonds is 7. The molecule has 1 amide bonds. The molecule has 0 unspecified atom stereocenters. The molecule has 0 saturated carbocycles. The Bertz CT molecular complexity index is 973. The molecule has 0 atom stereocenters.